The normalized spacial score (nSPS) is 10.4. The lowest BCUT2D eigenvalue weighted by Gasteiger charge is -2.05. The number of anilines is 1. The first-order valence-corrected chi connectivity index (χ1v) is 5.76. The van der Waals surface area contributed by atoms with E-state index in [1.165, 1.54) is 12.0 Å². The van der Waals surface area contributed by atoms with Gasteiger partial charge in [0.25, 0.3) is 0 Å². The fourth-order valence-electron chi connectivity index (χ4n) is 1.78. The van der Waals surface area contributed by atoms with Crippen molar-refractivity contribution in [3.63, 3.8) is 0 Å². The zero-order chi connectivity index (χ0) is 12.2. The number of hydrogen-bond donors (Lipinski definition) is 2. The summed E-state index contributed by atoms with van der Waals surface area (Å²) in [6.07, 6.45) is 7.05. The van der Waals surface area contributed by atoms with Crippen molar-refractivity contribution in [2.75, 3.05) is 5.32 Å². The van der Waals surface area contributed by atoms with Crippen LogP contribution in [-0.4, -0.2) is 9.97 Å². The molecule has 0 aliphatic carbocycles. The van der Waals surface area contributed by atoms with Gasteiger partial charge in [-0.3, -0.25) is 0 Å². The summed E-state index contributed by atoms with van der Waals surface area (Å²) in [6, 6.07) is 10.1. The van der Waals surface area contributed by atoms with Crippen LogP contribution in [0.3, 0.4) is 0 Å². The van der Waals surface area contributed by atoms with E-state index >= 15 is 0 Å². The minimum absolute atomic E-state index is 0.784. The van der Waals surface area contributed by atoms with E-state index in [1.54, 1.807) is 6.20 Å². The van der Waals surface area contributed by atoms with Crippen molar-refractivity contribution in [2.45, 2.75) is 6.54 Å². The molecule has 0 saturated heterocycles. The van der Waals surface area contributed by atoms with Crippen LogP contribution in [0.15, 0.2) is 59.7 Å². The molecule has 0 spiro atoms. The molecule has 4 heteroatoms. The van der Waals surface area contributed by atoms with Crippen molar-refractivity contribution in [3.8, 4) is 11.3 Å². The predicted molar refractivity (Wildman–Crippen MR) is 70.1 cm³/mol. The van der Waals surface area contributed by atoms with Gasteiger partial charge in [-0.1, -0.05) is 0 Å². The number of H-pyrrole nitrogens is 1. The third kappa shape index (κ3) is 2.27. The lowest BCUT2D eigenvalue weighted by Crippen LogP contribution is -1.97. The first-order valence-electron chi connectivity index (χ1n) is 5.76. The molecule has 0 atom stereocenters. The summed E-state index contributed by atoms with van der Waals surface area (Å²) < 4.78 is 5.24. The summed E-state index contributed by atoms with van der Waals surface area (Å²) in [6.45, 7) is 0.811. The second-order valence-corrected chi connectivity index (χ2v) is 4.02. The molecule has 18 heavy (non-hydrogen) atoms. The van der Waals surface area contributed by atoms with Crippen LogP contribution in [0.25, 0.3) is 11.3 Å². The number of aromatic nitrogens is 2. The molecule has 0 saturated carbocycles. The Balaban J connectivity index is 1.68. The van der Waals surface area contributed by atoms with Gasteiger partial charge in [0.2, 0.25) is 0 Å². The Hall–Kier alpha value is -2.49. The lowest BCUT2D eigenvalue weighted by molar-refractivity contribution is 0.572. The van der Waals surface area contributed by atoms with Crippen molar-refractivity contribution in [3.05, 3.63) is 60.9 Å². The van der Waals surface area contributed by atoms with E-state index in [-0.39, 0.29) is 0 Å². The van der Waals surface area contributed by atoms with Crippen molar-refractivity contribution in [1.82, 2.24) is 9.97 Å². The molecule has 0 unspecified atom stereocenters. The highest BCUT2D eigenvalue weighted by Gasteiger charge is 2.01. The minimum Gasteiger partial charge on any atom is -0.444 e. The fraction of sp³-hybridized carbons (Fsp3) is 0.0714. The zero-order valence-corrected chi connectivity index (χ0v) is 9.76. The third-order valence-corrected chi connectivity index (χ3v) is 2.76. The quantitative estimate of drug-likeness (QED) is 0.734. The second kappa shape index (κ2) is 4.79. The summed E-state index contributed by atoms with van der Waals surface area (Å²) >= 11 is 0. The molecule has 1 aromatic carbocycles. The van der Waals surface area contributed by atoms with Gasteiger partial charge in [-0.2, -0.15) is 0 Å². The number of rotatable bonds is 4. The fourth-order valence-corrected chi connectivity index (χ4v) is 1.78. The maximum absolute atomic E-state index is 5.24. The van der Waals surface area contributed by atoms with Crippen LogP contribution in [-0.2, 0) is 6.54 Å². The molecule has 0 fully saturated rings. The van der Waals surface area contributed by atoms with Crippen LogP contribution in [0.4, 0.5) is 5.69 Å². The second-order valence-electron chi connectivity index (χ2n) is 4.02. The Kier molecular flexibility index (Phi) is 2.84. The molecule has 0 aliphatic rings. The molecule has 0 radical (unpaired) electrons. The van der Waals surface area contributed by atoms with Gasteiger partial charge in [0.1, 0.15) is 0 Å². The molecular formula is C14H13N3O. The molecule has 3 aromatic rings. The molecule has 0 bridgehead atoms. The lowest BCUT2D eigenvalue weighted by atomic mass is 10.1. The Bertz CT molecular complexity index is 583. The third-order valence-electron chi connectivity index (χ3n) is 2.76. The van der Waals surface area contributed by atoms with Crippen molar-refractivity contribution >= 4 is 5.69 Å². The van der Waals surface area contributed by atoms with Gasteiger partial charge >= 0.3 is 0 Å². The topological polar surface area (TPSA) is 53.9 Å². The molecule has 2 heterocycles. The number of hydrogen-bond acceptors (Lipinski definition) is 3. The first kappa shape index (κ1) is 10.7. The monoisotopic (exact) mass is 239 g/mol. The number of oxazole rings is 1. The number of nitrogens with zero attached hydrogens (tertiary/aromatic N) is 1. The van der Waals surface area contributed by atoms with E-state index in [1.807, 2.05) is 36.7 Å². The SMILES string of the molecule is c1cc(CNc2ccc(-c3cnco3)cc2)c[nH]1. The van der Waals surface area contributed by atoms with Crippen LogP contribution < -0.4 is 5.32 Å². The highest BCUT2D eigenvalue weighted by molar-refractivity contribution is 5.60. The van der Waals surface area contributed by atoms with Crippen molar-refractivity contribution < 1.29 is 4.42 Å². The van der Waals surface area contributed by atoms with Gasteiger partial charge in [0, 0.05) is 30.2 Å². The largest absolute Gasteiger partial charge is 0.444 e. The standard InChI is InChI=1S/C14H13N3O/c1-3-13(17-8-11-5-6-15-7-11)4-2-12(1)14-9-16-10-18-14/h1-7,9-10,15,17H,8H2. The van der Waals surface area contributed by atoms with Gasteiger partial charge < -0.3 is 14.7 Å². The zero-order valence-electron chi connectivity index (χ0n) is 9.76. The molecule has 0 amide bonds. The smallest absolute Gasteiger partial charge is 0.181 e. The molecule has 2 N–H and O–H groups in total. The maximum Gasteiger partial charge on any atom is 0.181 e. The molecule has 4 nitrogen and oxygen atoms in total. The summed E-state index contributed by atoms with van der Waals surface area (Å²) in [4.78, 5) is 6.94. The molecule has 3 rings (SSSR count). The summed E-state index contributed by atoms with van der Waals surface area (Å²) in [5, 5.41) is 3.35. The highest BCUT2D eigenvalue weighted by atomic mass is 16.3. The summed E-state index contributed by atoms with van der Waals surface area (Å²) in [5.41, 5.74) is 3.34. The van der Waals surface area contributed by atoms with E-state index in [0.29, 0.717) is 0 Å². The van der Waals surface area contributed by atoms with Crippen LogP contribution in [0.2, 0.25) is 0 Å². The van der Waals surface area contributed by atoms with Crippen LogP contribution in [0.5, 0.6) is 0 Å². The van der Waals surface area contributed by atoms with Crippen LogP contribution in [0.1, 0.15) is 5.56 Å². The van der Waals surface area contributed by atoms with Crippen LogP contribution in [0, 0.1) is 0 Å². The average Bonchev–Trinajstić information content (AvgIpc) is 3.10. The number of nitrogens with one attached hydrogen (secondary N) is 2. The number of aromatic amines is 1. The van der Waals surface area contributed by atoms with Crippen molar-refractivity contribution in [2.24, 2.45) is 0 Å². The number of benzene rings is 1. The Morgan fingerprint density at radius 2 is 2.06 bits per heavy atom. The van der Waals surface area contributed by atoms with Gasteiger partial charge in [-0.15, -0.1) is 0 Å². The summed E-state index contributed by atoms with van der Waals surface area (Å²) in [5.74, 6) is 0.784. The Morgan fingerprint density at radius 3 is 2.72 bits per heavy atom. The van der Waals surface area contributed by atoms with Gasteiger partial charge in [-0.05, 0) is 35.9 Å². The van der Waals surface area contributed by atoms with E-state index in [0.717, 1.165) is 23.6 Å². The molecule has 2 aromatic heterocycles. The van der Waals surface area contributed by atoms with E-state index < -0.39 is 0 Å². The predicted octanol–water partition coefficient (Wildman–Crippen LogP) is 3.28. The average molecular weight is 239 g/mol. The maximum atomic E-state index is 5.24. The minimum atomic E-state index is 0.784. The molecule has 90 valence electrons. The Labute approximate surface area is 105 Å². The van der Waals surface area contributed by atoms with E-state index in [2.05, 4.69) is 21.4 Å². The van der Waals surface area contributed by atoms with Gasteiger partial charge in [-0.25, -0.2) is 4.98 Å². The van der Waals surface area contributed by atoms with Crippen molar-refractivity contribution in [1.29, 1.82) is 0 Å². The van der Waals surface area contributed by atoms with Crippen LogP contribution >= 0.6 is 0 Å². The summed E-state index contributed by atoms with van der Waals surface area (Å²) in [7, 11) is 0. The van der Waals surface area contributed by atoms with Gasteiger partial charge in [0.15, 0.2) is 12.2 Å². The molecule has 0 aliphatic heterocycles. The van der Waals surface area contributed by atoms with E-state index in [4.69, 9.17) is 4.42 Å². The van der Waals surface area contributed by atoms with E-state index in [9.17, 15) is 0 Å². The Morgan fingerprint density at radius 1 is 1.17 bits per heavy atom. The first-order chi connectivity index (χ1) is 8.92. The molecular weight excluding hydrogens is 226 g/mol. The van der Waals surface area contributed by atoms with Gasteiger partial charge in [0.05, 0.1) is 6.20 Å². The highest BCUT2D eigenvalue weighted by Crippen LogP contribution is 2.20.